The van der Waals surface area contributed by atoms with Gasteiger partial charge in [-0.05, 0) is 24.3 Å². The summed E-state index contributed by atoms with van der Waals surface area (Å²) in [5.74, 6) is -1.50. The number of halogens is 3. The van der Waals surface area contributed by atoms with Crippen LogP contribution < -0.4 is 0 Å². The van der Waals surface area contributed by atoms with Gasteiger partial charge in [-0.15, -0.1) is 0 Å². The summed E-state index contributed by atoms with van der Waals surface area (Å²) in [4.78, 5) is 15.2. The molecule has 0 radical (unpaired) electrons. The largest absolute Gasteiger partial charge is 0.464 e. The van der Waals surface area contributed by atoms with Crippen molar-refractivity contribution in [3.05, 3.63) is 52.0 Å². The van der Waals surface area contributed by atoms with E-state index in [1.807, 2.05) is 0 Å². The number of pyridine rings is 1. The van der Waals surface area contributed by atoms with Gasteiger partial charge in [-0.2, -0.15) is 4.39 Å². The number of carbonyl (C=O) groups is 1. The number of rotatable bonds is 2. The molecule has 2 rings (SSSR count). The highest BCUT2D eigenvalue weighted by Crippen LogP contribution is 2.32. The number of aromatic nitrogens is 1. The fourth-order valence-corrected chi connectivity index (χ4v) is 2.12. The zero-order valence-electron chi connectivity index (χ0n) is 9.78. The highest BCUT2D eigenvalue weighted by molar-refractivity contribution is 6.36. The Morgan fingerprint density at radius 1 is 1.21 bits per heavy atom. The van der Waals surface area contributed by atoms with Crippen LogP contribution in [0.1, 0.15) is 10.5 Å². The van der Waals surface area contributed by atoms with Crippen molar-refractivity contribution in [2.75, 3.05) is 7.11 Å². The first-order chi connectivity index (χ1) is 9.02. The molecule has 0 aliphatic carbocycles. The van der Waals surface area contributed by atoms with Gasteiger partial charge in [0.15, 0.2) is 5.69 Å². The van der Waals surface area contributed by atoms with Crippen molar-refractivity contribution in [3.8, 4) is 11.1 Å². The lowest BCUT2D eigenvalue weighted by Gasteiger charge is -2.09. The van der Waals surface area contributed by atoms with Crippen molar-refractivity contribution in [2.24, 2.45) is 0 Å². The molecular weight excluding hydrogens is 292 g/mol. The van der Waals surface area contributed by atoms with Crippen LogP contribution in [0.15, 0.2) is 30.3 Å². The molecule has 0 amide bonds. The van der Waals surface area contributed by atoms with E-state index in [2.05, 4.69) is 9.72 Å². The van der Waals surface area contributed by atoms with E-state index in [4.69, 9.17) is 23.2 Å². The molecule has 6 heteroatoms. The first kappa shape index (κ1) is 13.8. The number of hydrogen-bond donors (Lipinski definition) is 0. The Bertz CT molecular complexity index is 647. The lowest BCUT2D eigenvalue weighted by Crippen LogP contribution is -2.08. The summed E-state index contributed by atoms with van der Waals surface area (Å²) in [6.07, 6.45) is 0. The van der Waals surface area contributed by atoms with Crippen LogP contribution in [-0.4, -0.2) is 18.1 Å². The normalized spacial score (nSPS) is 10.3. The average molecular weight is 300 g/mol. The van der Waals surface area contributed by atoms with Crippen molar-refractivity contribution in [1.29, 1.82) is 0 Å². The average Bonchev–Trinajstić information content (AvgIpc) is 2.38. The van der Waals surface area contributed by atoms with Crippen LogP contribution >= 0.6 is 23.2 Å². The predicted molar refractivity (Wildman–Crippen MR) is 71.0 cm³/mol. The zero-order chi connectivity index (χ0) is 14.0. The third-order valence-corrected chi connectivity index (χ3v) is 3.01. The zero-order valence-corrected chi connectivity index (χ0v) is 11.3. The highest BCUT2D eigenvalue weighted by Gasteiger charge is 2.18. The SMILES string of the molecule is COC(=O)c1nc(F)ccc1-c1ccc(Cl)cc1Cl. The molecule has 0 atom stereocenters. The van der Waals surface area contributed by atoms with Crippen LogP contribution in [0.3, 0.4) is 0 Å². The number of methoxy groups -OCH3 is 1. The smallest absolute Gasteiger partial charge is 0.357 e. The van der Waals surface area contributed by atoms with Gasteiger partial charge in [0.25, 0.3) is 0 Å². The van der Waals surface area contributed by atoms with Crippen molar-refractivity contribution in [3.63, 3.8) is 0 Å². The van der Waals surface area contributed by atoms with Crippen LogP contribution in [0.2, 0.25) is 10.0 Å². The molecular formula is C13H8Cl2FNO2. The molecule has 3 nitrogen and oxygen atoms in total. The molecule has 0 saturated heterocycles. The molecule has 1 aromatic carbocycles. The van der Waals surface area contributed by atoms with E-state index in [1.165, 1.54) is 19.2 Å². The van der Waals surface area contributed by atoms with Gasteiger partial charge in [-0.3, -0.25) is 0 Å². The van der Waals surface area contributed by atoms with Crippen LogP contribution in [0.5, 0.6) is 0 Å². The number of esters is 1. The number of carbonyl (C=O) groups excluding carboxylic acids is 1. The minimum Gasteiger partial charge on any atom is -0.464 e. The molecule has 1 heterocycles. The second-order valence-electron chi connectivity index (χ2n) is 3.65. The maximum absolute atomic E-state index is 13.2. The first-order valence-corrected chi connectivity index (χ1v) is 5.99. The molecule has 19 heavy (non-hydrogen) atoms. The van der Waals surface area contributed by atoms with Gasteiger partial charge < -0.3 is 4.74 Å². The van der Waals surface area contributed by atoms with Gasteiger partial charge in [0.1, 0.15) is 0 Å². The third kappa shape index (κ3) is 2.85. The molecule has 0 spiro atoms. The third-order valence-electron chi connectivity index (χ3n) is 2.46. The Kier molecular flexibility index (Phi) is 4.02. The van der Waals surface area contributed by atoms with E-state index in [0.717, 1.165) is 6.07 Å². The summed E-state index contributed by atoms with van der Waals surface area (Å²) < 4.78 is 17.7. The Morgan fingerprint density at radius 2 is 1.89 bits per heavy atom. The fourth-order valence-electron chi connectivity index (χ4n) is 1.61. The van der Waals surface area contributed by atoms with Gasteiger partial charge in [-0.1, -0.05) is 29.3 Å². The summed E-state index contributed by atoms with van der Waals surface area (Å²) >= 11 is 11.9. The Balaban J connectivity index is 2.64. The molecule has 0 N–H and O–H groups in total. The quantitative estimate of drug-likeness (QED) is 0.622. The Hall–Kier alpha value is -1.65. The molecule has 98 valence electrons. The lowest BCUT2D eigenvalue weighted by atomic mass is 10.0. The van der Waals surface area contributed by atoms with Gasteiger partial charge in [-0.25, -0.2) is 9.78 Å². The number of benzene rings is 1. The fraction of sp³-hybridized carbons (Fsp3) is 0.0769. The number of ether oxygens (including phenoxy) is 1. The monoisotopic (exact) mass is 299 g/mol. The maximum atomic E-state index is 13.2. The van der Waals surface area contributed by atoms with Crippen molar-refractivity contribution < 1.29 is 13.9 Å². The van der Waals surface area contributed by atoms with Gasteiger partial charge in [0.2, 0.25) is 5.95 Å². The van der Waals surface area contributed by atoms with E-state index in [0.29, 0.717) is 21.2 Å². The number of hydrogen-bond acceptors (Lipinski definition) is 3. The first-order valence-electron chi connectivity index (χ1n) is 5.23. The van der Waals surface area contributed by atoms with E-state index in [9.17, 15) is 9.18 Å². The van der Waals surface area contributed by atoms with E-state index >= 15 is 0 Å². The van der Waals surface area contributed by atoms with Gasteiger partial charge in [0.05, 0.1) is 7.11 Å². The molecule has 0 fully saturated rings. The standard InChI is InChI=1S/C13H8Cl2FNO2/c1-19-13(18)12-9(4-5-11(16)17-12)8-3-2-7(14)6-10(8)15/h2-6H,1H3. The molecule has 0 aliphatic heterocycles. The van der Waals surface area contributed by atoms with Crippen molar-refractivity contribution >= 4 is 29.2 Å². The van der Waals surface area contributed by atoms with Crippen LogP contribution in [0.25, 0.3) is 11.1 Å². The number of nitrogens with zero attached hydrogens (tertiary/aromatic N) is 1. The minimum absolute atomic E-state index is 0.133. The summed E-state index contributed by atoms with van der Waals surface area (Å²) in [5, 5.41) is 0.800. The molecule has 0 bridgehead atoms. The highest BCUT2D eigenvalue weighted by atomic mass is 35.5. The summed E-state index contributed by atoms with van der Waals surface area (Å²) in [6, 6.07) is 7.35. The van der Waals surface area contributed by atoms with E-state index in [1.54, 1.807) is 12.1 Å². The van der Waals surface area contributed by atoms with Gasteiger partial charge >= 0.3 is 5.97 Å². The van der Waals surface area contributed by atoms with Crippen molar-refractivity contribution in [2.45, 2.75) is 0 Å². The lowest BCUT2D eigenvalue weighted by molar-refractivity contribution is 0.0593. The van der Waals surface area contributed by atoms with Crippen molar-refractivity contribution in [1.82, 2.24) is 4.98 Å². The second-order valence-corrected chi connectivity index (χ2v) is 4.49. The van der Waals surface area contributed by atoms with Crippen LogP contribution in [-0.2, 0) is 4.74 Å². The Labute approximate surface area is 118 Å². The molecule has 0 saturated carbocycles. The molecule has 2 aromatic rings. The molecule has 1 aromatic heterocycles. The van der Waals surface area contributed by atoms with E-state index in [-0.39, 0.29) is 5.69 Å². The van der Waals surface area contributed by atoms with Gasteiger partial charge in [0, 0.05) is 21.2 Å². The van der Waals surface area contributed by atoms with Crippen LogP contribution in [0, 0.1) is 5.95 Å². The second kappa shape index (κ2) is 5.55. The minimum atomic E-state index is -0.769. The summed E-state index contributed by atoms with van der Waals surface area (Å²) in [7, 11) is 1.20. The Morgan fingerprint density at radius 3 is 2.53 bits per heavy atom. The van der Waals surface area contributed by atoms with E-state index < -0.39 is 11.9 Å². The maximum Gasteiger partial charge on any atom is 0.357 e. The predicted octanol–water partition coefficient (Wildman–Crippen LogP) is 3.98. The summed E-state index contributed by atoms with van der Waals surface area (Å²) in [6.45, 7) is 0. The van der Waals surface area contributed by atoms with Crippen LogP contribution in [0.4, 0.5) is 4.39 Å². The summed E-state index contributed by atoms with van der Waals surface area (Å²) in [5.41, 5.74) is 0.778. The molecule has 0 unspecified atom stereocenters. The topological polar surface area (TPSA) is 39.2 Å². The molecule has 0 aliphatic rings.